The molecule has 11 heteroatoms. The van der Waals surface area contributed by atoms with E-state index in [9.17, 15) is 9.59 Å². The molecule has 7 rings (SSSR count). The van der Waals surface area contributed by atoms with Crippen LogP contribution in [0.2, 0.25) is 0 Å². The fourth-order valence-corrected chi connectivity index (χ4v) is 7.40. The second-order valence-corrected chi connectivity index (χ2v) is 13.1. The highest BCUT2D eigenvalue weighted by Crippen LogP contribution is 2.59. The van der Waals surface area contributed by atoms with Gasteiger partial charge in [0.1, 0.15) is 0 Å². The number of hydrogen-bond acceptors (Lipinski definition) is 6. The van der Waals surface area contributed by atoms with Gasteiger partial charge in [-0.3, -0.25) is 9.59 Å². The summed E-state index contributed by atoms with van der Waals surface area (Å²) in [5, 5.41) is 3.77. The second kappa shape index (κ2) is 14.6. The van der Waals surface area contributed by atoms with E-state index < -0.39 is 23.5 Å². The minimum Gasteiger partial charge on any atom is -0.462 e. The zero-order valence-corrected chi connectivity index (χ0v) is 30.0. The molecule has 50 heavy (non-hydrogen) atoms. The van der Waals surface area contributed by atoms with Gasteiger partial charge in [0.05, 0.1) is 35.2 Å². The number of fused-ring (bicyclic) bond motifs is 3. The summed E-state index contributed by atoms with van der Waals surface area (Å²) in [6.45, 7) is 5.88. The molecule has 0 fully saturated rings. The molecule has 3 N–H and O–H groups in total. The Bertz CT molecular complexity index is 1950. The number of benzene rings is 4. The van der Waals surface area contributed by atoms with Crippen LogP contribution in [0.5, 0.6) is 0 Å². The van der Waals surface area contributed by atoms with Crippen molar-refractivity contribution in [2.75, 3.05) is 46.1 Å². The number of carbonyl (C=O) groups excluding carboxylic acids is 3. The van der Waals surface area contributed by atoms with Gasteiger partial charge in [0.2, 0.25) is 5.91 Å². The van der Waals surface area contributed by atoms with Crippen LogP contribution in [0.4, 0.5) is 22.7 Å². The molecule has 0 unspecified atom stereocenters. The molecule has 0 bridgehead atoms. The van der Waals surface area contributed by atoms with Crippen molar-refractivity contribution in [1.82, 2.24) is 0 Å². The molecule has 0 saturated carbocycles. The van der Waals surface area contributed by atoms with Crippen molar-refractivity contribution in [3.8, 4) is 0 Å². The van der Waals surface area contributed by atoms with Crippen molar-refractivity contribution in [1.29, 1.82) is 0 Å². The third-order valence-electron chi connectivity index (χ3n) is 9.50. The van der Waals surface area contributed by atoms with Crippen molar-refractivity contribution < 1.29 is 24.6 Å². The van der Waals surface area contributed by atoms with Crippen LogP contribution in [0, 0.1) is 13.8 Å². The first-order chi connectivity index (χ1) is 23.6. The Morgan fingerprint density at radius 1 is 0.820 bits per heavy atom. The van der Waals surface area contributed by atoms with Gasteiger partial charge in [0.25, 0.3) is 5.91 Å². The monoisotopic (exact) mass is 714 g/mol. The lowest BCUT2D eigenvalue weighted by molar-refractivity contribution is -0.140. The third-order valence-corrected chi connectivity index (χ3v) is 9.50. The van der Waals surface area contributed by atoms with E-state index in [0.29, 0.717) is 22.6 Å². The Hall–Kier alpha value is -4.83. The number of rotatable bonds is 6. The summed E-state index contributed by atoms with van der Waals surface area (Å²) in [6.07, 6.45) is 0. The van der Waals surface area contributed by atoms with Crippen molar-refractivity contribution in [3.05, 3.63) is 131 Å². The third kappa shape index (κ3) is 5.69. The number of amides is 2. The summed E-state index contributed by atoms with van der Waals surface area (Å²) >= 11 is 9.53. The molecule has 3 aliphatic rings. The van der Waals surface area contributed by atoms with E-state index in [2.05, 4.69) is 5.32 Å². The molecule has 4 aromatic carbocycles. The number of likely N-dealkylation sites (N-methyl/N-ethyl adjacent to an activating group) is 2. The van der Waals surface area contributed by atoms with Gasteiger partial charge in [-0.15, -0.1) is 23.2 Å². The van der Waals surface area contributed by atoms with Crippen LogP contribution in [-0.2, 0) is 24.7 Å². The standard InChI is InChI=1S/C38H36N4O4.CH2Cl2.H2O/c1-6-46-36(44)32-33(39-25-19-15-23(2)16-20-25)34(31-27-11-7-9-13-29(27)40(4)35(31)43)42(26-21-17-24(3)18-22-26)38(32)28-12-8-10-14-30(28)41(5)37(38)45;2-1-3;/h7-22,31,34,39H,6H2,1-5H3;1H2;1H2/t31-,34-,38+;;/m1../s1. The lowest BCUT2D eigenvalue weighted by atomic mass is 9.83. The summed E-state index contributed by atoms with van der Waals surface area (Å²) in [7, 11) is 3.51. The number of alkyl halides is 2. The number of hydrogen-bond donors (Lipinski definition) is 1. The predicted octanol–water partition coefficient (Wildman–Crippen LogP) is 6.65. The zero-order valence-electron chi connectivity index (χ0n) is 28.5. The van der Waals surface area contributed by atoms with Gasteiger partial charge in [0, 0.05) is 42.4 Å². The van der Waals surface area contributed by atoms with Crippen LogP contribution in [0.25, 0.3) is 0 Å². The summed E-state index contributed by atoms with van der Waals surface area (Å²) in [4.78, 5) is 49.3. The first-order valence-electron chi connectivity index (χ1n) is 16.1. The molecule has 2 amide bonds. The second-order valence-electron chi connectivity index (χ2n) is 12.3. The summed E-state index contributed by atoms with van der Waals surface area (Å²) < 4.78 is 5.80. The highest BCUT2D eigenvalue weighted by Gasteiger charge is 2.68. The predicted molar refractivity (Wildman–Crippen MR) is 200 cm³/mol. The first-order valence-corrected chi connectivity index (χ1v) is 17.2. The van der Waals surface area contributed by atoms with Crippen LogP contribution in [0.3, 0.4) is 0 Å². The van der Waals surface area contributed by atoms with Crippen molar-refractivity contribution >= 4 is 63.7 Å². The molecule has 9 nitrogen and oxygen atoms in total. The average molecular weight is 716 g/mol. The van der Waals surface area contributed by atoms with Crippen LogP contribution in [0.15, 0.2) is 108 Å². The number of para-hydroxylation sites is 2. The van der Waals surface area contributed by atoms with E-state index in [1.54, 1.807) is 30.8 Å². The first kappa shape index (κ1) is 36.5. The number of nitrogens with one attached hydrogen (secondary N) is 1. The van der Waals surface area contributed by atoms with Crippen LogP contribution < -0.4 is 20.0 Å². The van der Waals surface area contributed by atoms with Crippen molar-refractivity contribution in [2.45, 2.75) is 38.3 Å². The highest BCUT2D eigenvalue weighted by molar-refractivity contribution is 6.40. The van der Waals surface area contributed by atoms with E-state index in [0.717, 1.165) is 28.1 Å². The van der Waals surface area contributed by atoms with Crippen LogP contribution in [-0.4, -0.2) is 55.3 Å². The Morgan fingerprint density at radius 2 is 1.38 bits per heavy atom. The van der Waals surface area contributed by atoms with Crippen LogP contribution in [0.1, 0.15) is 35.1 Å². The van der Waals surface area contributed by atoms with Crippen LogP contribution >= 0.6 is 23.2 Å². The number of carbonyl (C=O) groups is 3. The van der Waals surface area contributed by atoms with E-state index in [1.165, 1.54) is 0 Å². The summed E-state index contributed by atoms with van der Waals surface area (Å²) in [5.41, 5.74) is 5.55. The maximum absolute atomic E-state index is 15.1. The molecular weight excluding hydrogens is 675 g/mol. The quantitative estimate of drug-likeness (QED) is 0.177. The smallest absolute Gasteiger partial charge is 0.339 e. The number of nitrogens with zero attached hydrogens (tertiary/aromatic N) is 3. The van der Waals surface area contributed by atoms with Gasteiger partial charge < -0.3 is 30.2 Å². The van der Waals surface area contributed by atoms with Gasteiger partial charge in [-0.2, -0.15) is 0 Å². The average Bonchev–Trinajstić information content (AvgIpc) is 3.62. The summed E-state index contributed by atoms with van der Waals surface area (Å²) in [6, 6.07) is 30.3. The van der Waals surface area contributed by atoms with E-state index in [4.69, 9.17) is 27.9 Å². The Morgan fingerprint density at radius 3 is 2.00 bits per heavy atom. The number of esters is 1. The fourth-order valence-electron chi connectivity index (χ4n) is 7.40. The SMILES string of the molecule is CCOC(=O)C1=C(Nc2ccc(C)cc2)[C@@H]([C@@H]2C(=O)N(C)c3ccccc32)N(c2ccc(C)cc2)[C@]12C(=O)N(C)c1ccccc12.ClCCl.O. The maximum Gasteiger partial charge on any atom is 0.339 e. The number of ether oxygens (including phenoxy) is 1. The molecule has 260 valence electrons. The molecule has 3 atom stereocenters. The Balaban J connectivity index is 0.00000117. The van der Waals surface area contributed by atoms with E-state index >= 15 is 4.79 Å². The molecular formula is C39H40Cl2N4O5. The number of anilines is 4. The summed E-state index contributed by atoms with van der Waals surface area (Å²) in [5.74, 6) is -1.78. The fraction of sp³-hybridized carbons (Fsp3) is 0.256. The number of aryl methyl sites for hydroxylation is 2. The Kier molecular flexibility index (Phi) is 10.6. The molecule has 3 aliphatic heterocycles. The lowest BCUT2D eigenvalue weighted by Gasteiger charge is -2.42. The van der Waals surface area contributed by atoms with Gasteiger partial charge >= 0.3 is 5.97 Å². The number of halogens is 2. The largest absolute Gasteiger partial charge is 0.462 e. The van der Waals surface area contributed by atoms with E-state index in [-0.39, 0.29) is 34.8 Å². The van der Waals surface area contributed by atoms with Crippen molar-refractivity contribution in [2.24, 2.45) is 0 Å². The molecule has 0 aliphatic carbocycles. The highest BCUT2D eigenvalue weighted by atomic mass is 35.5. The molecule has 0 radical (unpaired) electrons. The Labute approximate surface area is 302 Å². The van der Waals surface area contributed by atoms with E-state index in [1.807, 2.05) is 116 Å². The minimum absolute atomic E-state index is 0. The van der Waals surface area contributed by atoms with Gasteiger partial charge in [0.15, 0.2) is 5.54 Å². The molecule has 0 aromatic heterocycles. The maximum atomic E-state index is 15.1. The van der Waals surface area contributed by atoms with Crippen molar-refractivity contribution in [3.63, 3.8) is 0 Å². The molecule has 3 heterocycles. The molecule has 0 saturated heterocycles. The van der Waals surface area contributed by atoms with Gasteiger partial charge in [-0.25, -0.2) is 4.79 Å². The molecule has 1 spiro atoms. The minimum atomic E-state index is -1.62. The topological polar surface area (TPSA) is 114 Å². The molecule has 4 aromatic rings. The lowest BCUT2D eigenvalue weighted by Crippen LogP contribution is -2.56. The zero-order chi connectivity index (χ0) is 35.0. The van der Waals surface area contributed by atoms with Gasteiger partial charge in [-0.05, 0) is 62.7 Å². The van der Waals surface area contributed by atoms with Gasteiger partial charge in [-0.1, -0.05) is 71.8 Å². The normalized spacial score (nSPS) is 20.3.